The second-order valence-corrected chi connectivity index (χ2v) is 8.27. The van der Waals surface area contributed by atoms with E-state index in [0.29, 0.717) is 46.8 Å². The molecule has 0 bridgehead atoms. The van der Waals surface area contributed by atoms with Gasteiger partial charge in [0.05, 0.1) is 18.5 Å². The van der Waals surface area contributed by atoms with Crippen LogP contribution in [0.4, 0.5) is 26.2 Å². The molecule has 0 unspecified atom stereocenters. The molecule has 5 rings (SSSR count). The molecule has 34 heavy (non-hydrogen) atoms. The zero-order valence-electron chi connectivity index (χ0n) is 18.4. The molecular formula is C24H21ClF2N6O. The standard InChI is InChI=1S/C24H21ClF2N6O/c1-28-23-17-7-6-16(15-5-3-13(26)9-18(15)27)22(17)31-24(32-23)30-14-4-8-19(20(10-14)34-2)33-11-21(25)29-12-33/h3-5,8-12,16H,6-7H2,1-2H3,(H2,28,30,31,32)/t16-/m0/s1. The number of nitrogens with one attached hydrogen (secondary N) is 2. The lowest BCUT2D eigenvalue weighted by Crippen LogP contribution is -2.09. The number of rotatable bonds is 6. The first-order valence-electron chi connectivity index (χ1n) is 10.6. The molecule has 10 heteroatoms. The van der Waals surface area contributed by atoms with Crippen LogP contribution in [0.15, 0.2) is 48.9 Å². The summed E-state index contributed by atoms with van der Waals surface area (Å²) >= 11 is 5.94. The number of nitrogens with zero attached hydrogens (tertiary/aromatic N) is 4. The van der Waals surface area contributed by atoms with Crippen molar-refractivity contribution in [2.75, 3.05) is 24.8 Å². The zero-order valence-corrected chi connectivity index (χ0v) is 19.2. The minimum absolute atomic E-state index is 0.283. The van der Waals surface area contributed by atoms with Crippen LogP contribution in [-0.2, 0) is 6.42 Å². The van der Waals surface area contributed by atoms with Gasteiger partial charge in [-0.3, -0.25) is 0 Å². The lowest BCUT2D eigenvalue weighted by atomic mass is 9.96. The fourth-order valence-corrected chi connectivity index (χ4v) is 4.49. The third-order valence-electron chi connectivity index (χ3n) is 5.89. The number of aromatic nitrogens is 4. The van der Waals surface area contributed by atoms with E-state index >= 15 is 0 Å². The Labute approximate surface area is 199 Å². The molecule has 1 aliphatic rings. The molecule has 174 valence electrons. The summed E-state index contributed by atoms with van der Waals surface area (Å²) in [6.07, 6.45) is 4.65. The highest BCUT2D eigenvalue weighted by Crippen LogP contribution is 2.41. The van der Waals surface area contributed by atoms with Crippen molar-refractivity contribution in [2.45, 2.75) is 18.8 Å². The van der Waals surface area contributed by atoms with E-state index in [2.05, 4.69) is 20.6 Å². The quantitative estimate of drug-likeness (QED) is 0.380. The van der Waals surface area contributed by atoms with Gasteiger partial charge in [-0.15, -0.1) is 0 Å². The number of ether oxygens (including phenoxy) is 1. The van der Waals surface area contributed by atoms with Crippen LogP contribution < -0.4 is 15.4 Å². The van der Waals surface area contributed by atoms with Crippen molar-refractivity contribution in [1.82, 2.24) is 19.5 Å². The van der Waals surface area contributed by atoms with Gasteiger partial charge in [-0.1, -0.05) is 17.7 Å². The highest BCUT2D eigenvalue weighted by molar-refractivity contribution is 6.29. The van der Waals surface area contributed by atoms with E-state index in [-0.39, 0.29) is 5.92 Å². The van der Waals surface area contributed by atoms with Gasteiger partial charge in [0.1, 0.15) is 34.7 Å². The molecule has 1 atom stereocenters. The molecule has 0 amide bonds. The topological polar surface area (TPSA) is 76.9 Å². The largest absolute Gasteiger partial charge is 0.494 e. The van der Waals surface area contributed by atoms with Crippen LogP contribution in [0.1, 0.15) is 29.2 Å². The van der Waals surface area contributed by atoms with Gasteiger partial charge in [-0.25, -0.2) is 18.7 Å². The molecule has 0 fully saturated rings. The van der Waals surface area contributed by atoms with E-state index in [1.807, 2.05) is 18.2 Å². The Morgan fingerprint density at radius 1 is 1.15 bits per heavy atom. The molecule has 0 saturated carbocycles. The molecule has 1 aliphatic carbocycles. The van der Waals surface area contributed by atoms with Gasteiger partial charge in [0, 0.05) is 42.5 Å². The van der Waals surface area contributed by atoms with Gasteiger partial charge in [-0.2, -0.15) is 4.98 Å². The summed E-state index contributed by atoms with van der Waals surface area (Å²) in [6, 6.07) is 9.21. The van der Waals surface area contributed by atoms with E-state index in [1.54, 1.807) is 31.2 Å². The molecule has 2 aromatic heterocycles. The minimum atomic E-state index is -0.601. The van der Waals surface area contributed by atoms with Gasteiger partial charge >= 0.3 is 0 Å². The fraction of sp³-hybridized carbons (Fsp3) is 0.208. The normalized spacial score (nSPS) is 14.7. The first-order valence-corrected chi connectivity index (χ1v) is 11.0. The average Bonchev–Trinajstić information content (AvgIpc) is 3.45. The Morgan fingerprint density at radius 3 is 2.71 bits per heavy atom. The third-order valence-corrected chi connectivity index (χ3v) is 6.09. The van der Waals surface area contributed by atoms with Crippen molar-refractivity contribution in [3.05, 3.63) is 82.5 Å². The highest BCUT2D eigenvalue weighted by atomic mass is 35.5. The first-order chi connectivity index (χ1) is 16.5. The second kappa shape index (κ2) is 8.90. The minimum Gasteiger partial charge on any atom is -0.494 e. The molecule has 0 radical (unpaired) electrons. The summed E-state index contributed by atoms with van der Waals surface area (Å²) in [4.78, 5) is 13.4. The van der Waals surface area contributed by atoms with Crippen LogP contribution in [0.2, 0.25) is 5.15 Å². The monoisotopic (exact) mass is 482 g/mol. The van der Waals surface area contributed by atoms with Gasteiger partial charge < -0.3 is 19.9 Å². The Hall–Kier alpha value is -3.72. The number of halogens is 3. The van der Waals surface area contributed by atoms with Crippen LogP contribution in [0.25, 0.3) is 5.69 Å². The summed E-state index contributed by atoms with van der Waals surface area (Å²) in [7, 11) is 3.36. The predicted molar refractivity (Wildman–Crippen MR) is 127 cm³/mol. The van der Waals surface area contributed by atoms with E-state index in [1.165, 1.54) is 12.1 Å². The Bertz CT molecular complexity index is 1380. The summed E-state index contributed by atoms with van der Waals surface area (Å²) in [6.45, 7) is 0. The van der Waals surface area contributed by atoms with Gasteiger partial charge in [0.2, 0.25) is 5.95 Å². The summed E-state index contributed by atoms with van der Waals surface area (Å²) < 4.78 is 35.3. The molecule has 2 N–H and O–H groups in total. The SMILES string of the molecule is CNc1nc(Nc2ccc(-n3cnc(Cl)c3)c(OC)c2)nc2c1CC[C@H]2c1ccc(F)cc1F. The molecule has 0 saturated heterocycles. The number of hydrogen-bond acceptors (Lipinski definition) is 6. The maximum Gasteiger partial charge on any atom is 0.229 e. The zero-order chi connectivity index (χ0) is 23.8. The average molecular weight is 483 g/mol. The molecule has 4 aromatic rings. The van der Waals surface area contributed by atoms with Crippen LogP contribution in [-0.4, -0.2) is 33.7 Å². The number of hydrogen-bond donors (Lipinski definition) is 2. The molecule has 7 nitrogen and oxygen atoms in total. The molecule has 2 aromatic carbocycles. The number of imidazole rings is 1. The lowest BCUT2D eigenvalue weighted by molar-refractivity contribution is 0.413. The Kier molecular flexibility index (Phi) is 5.79. The van der Waals surface area contributed by atoms with Gasteiger partial charge in [-0.05, 0) is 36.6 Å². The van der Waals surface area contributed by atoms with Gasteiger partial charge in [0.15, 0.2) is 0 Å². The van der Waals surface area contributed by atoms with E-state index in [9.17, 15) is 8.78 Å². The Morgan fingerprint density at radius 2 is 2.00 bits per heavy atom. The number of fused-ring (bicyclic) bond motifs is 1. The van der Waals surface area contributed by atoms with E-state index in [4.69, 9.17) is 21.3 Å². The maximum atomic E-state index is 14.5. The third kappa shape index (κ3) is 4.03. The number of anilines is 3. The van der Waals surface area contributed by atoms with Crippen molar-refractivity contribution < 1.29 is 13.5 Å². The van der Waals surface area contributed by atoms with Crippen LogP contribution in [0, 0.1) is 11.6 Å². The highest BCUT2D eigenvalue weighted by Gasteiger charge is 2.31. The molecular weight excluding hydrogens is 462 g/mol. The summed E-state index contributed by atoms with van der Waals surface area (Å²) in [5.41, 5.74) is 3.56. The van der Waals surface area contributed by atoms with E-state index in [0.717, 1.165) is 23.0 Å². The second-order valence-electron chi connectivity index (χ2n) is 7.88. The summed E-state index contributed by atoms with van der Waals surface area (Å²) in [5, 5.41) is 6.71. The fourth-order valence-electron chi connectivity index (χ4n) is 4.34. The molecule has 0 aliphatic heterocycles. The van der Waals surface area contributed by atoms with Crippen molar-refractivity contribution in [3.8, 4) is 11.4 Å². The Balaban J connectivity index is 1.50. The molecule has 2 heterocycles. The smallest absolute Gasteiger partial charge is 0.229 e. The first kappa shape index (κ1) is 22.1. The van der Waals surface area contributed by atoms with Crippen LogP contribution in [0.3, 0.4) is 0 Å². The van der Waals surface area contributed by atoms with E-state index < -0.39 is 11.6 Å². The van der Waals surface area contributed by atoms with Gasteiger partial charge in [0.25, 0.3) is 0 Å². The van der Waals surface area contributed by atoms with Crippen LogP contribution in [0.5, 0.6) is 5.75 Å². The van der Waals surface area contributed by atoms with Crippen LogP contribution >= 0.6 is 11.6 Å². The van der Waals surface area contributed by atoms with Crippen molar-refractivity contribution in [2.24, 2.45) is 0 Å². The lowest BCUT2D eigenvalue weighted by Gasteiger charge is -2.16. The number of methoxy groups -OCH3 is 1. The number of benzene rings is 2. The van der Waals surface area contributed by atoms with Crippen molar-refractivity contribution in [3.63, 3.8) is 0 Å². The van der Waals surface area contributed by atoms with Crippen molar-refractivity contribution >= 4 is 29.1 Å². The molecule has 0 spiro atoms. The predicted octanol–water partition coefficient (Wildman–Crippen LogP) is 5.47. The summed E-state index contributed by atoms with van der Waals surface area (Å²) in [5.74, 6) is 0.175. The maximum absolute atomic E-state index is 14.5. The van der Waals surface area contributed by atoms with Crippen molar-refractivity contribution in [1.29, 1.82) is 0 Å².